The van der Waals surface area contributed by atoms with E-state index in [1.54, 1.807) is 11.6 Å². The lowest BCUT2D eigenvalue weighted by Crippen LogP contribution is -2.06. The zero-order valence-electron chi connectivity index (χ0n) is 19.2. The molecule has 0 aliphatic heterocycles. The molecule has 176 valence electrons. The molecule has 0 saturated heterocycles. The van der Waals surface area contributed by atoms with E-state index < -0.39 is 0 Å². The summed E-state index contributed by atoms with van der Waals surface area (Å²) in [5, 5.41) is 5.38. The van der Waals surface area contributed by atoms with Gasteiger partial charge in [0.15, 0.2) is 5.52 Å². The molecule has 0 bridgehead atoms. The number of allylic oxidation sites excluding steroid dienone is 1. The van der Waals surface area contributed by atoms with E-state index in [1.165, 1.54) is 43.8 Å². The number of hydrogen-bond acceptors (Lipinski definition) is 7. The summed E-state index contributed by atoms with van der Waals surface area (Å²) in [5.41, 5.74) is 2.14. The fourth-order valence-electron chi connectivity index (χ4n) is 3.43. The molecular formula is C25H32N4O3S. The van der Waals surface area contributed by atoms with Crippen LogP contribution in [0.5, 0.6) is 5.88 Å². The van der Waals surface area contributed by atoms with Crippen LogP contribution in [0.4, 0.5) is 0 Å². The first kappa shape index (κ1) is 24.8. The Hall–Kier alpha value is -2.87. The molecule has 0 aliphatic carbocycles. The number of nitrogens with zero attached hydrogens (tertiary/aromatic N) is 4. The van der Waals surface area contributed by atoms with Crippen LogP contribution >= 0.6 is 11.8 Å². The minimum Gasteiger partial charge on any atom is -0.476 e. The average Bonchev–Trinajstić information content (AvgIpc) is 3.21. The van der Waals surface area contributed by atoms with Crippen molar-refractivity contribution in [2.75, 3.05) is 19.0 Å². The fraction of sp³-hybridized carbons (Fsp3) is 0.440. The molecule has 0 aliphatic rings. The van der Waals surface area contributed by atoms with Crippen LogP contribution in [-0.2, 0) is 9.53 Å². The first-order valence-electron chi connectivity index (χ1n) is 11.6. The Morgan fingerprint density at radius 2 is 1.82 bits per heavy atom. The molecule has 0 atom stereocenters. The first-order valence-corrected chi connectivity index (χ1v) is 12.5. The summed E-state index contributed by atoms with van der Waals surface area (Å²) in [6.45, 7) is 6.51. The number of ether oxygens (including phenoxy) is 2. The second-order valence-corrected chi connectivity index (χ2v) is 8.53. The number of carbonyl (C=O) groups is 1. The van der Waals surface area contributed by atoms with Crippen molar-refractivity contribution < 1.29 is 14.3 Å². The molecule has 0 saturated carbocycles. The molecule has 3 aromatic rings. The number of hydrogen-bond donors (Lipinski definition) is 0. The maximum atomic E-state index is 11.8. The lowest BCUT2D eigenvalue weighted by molar-refractivity contribution is -0.139. The van der Waals surface area contributed by atoms with Crippen molar-refractivity contribution in [3.05, 3.63) is 49.3 Å². The van der Waals surface area contributed by atoms with Crippen molar-refractivity contribution in [3.8, 4) is 11.6 Å². The minimum absolute atomic E-state index is 0.168. The van der Waals surface area contributed by atoms with E-state index in [0.29, 0.717) is 35.2 Å². The van der Waals surface area contributed by atoms with Crippen LogP contribution in [-0.4, -0.2) is 44.7 Å². The SMILES string of the molecule is C=CCCCCCCCCOc1c2ncnc(SCC(=O)OCC)c2nn1-c1ccccc1. The van der Waals surface area contributed by atoms with E-state index in [2.05, 4.69) is 16.5 Å². The Bertz CT molecular complexity index is 1020. The van der Waals surface area contributed by atoms with E-state index in [4.69, 9.17) is 14.6 Å². The molecule has 7 nitrogen and oxygen atoms in total. The molecule has 0 spiro atoms. The third-order valence-corrected chi connectivity index (χ3v) is 6.01. The van der Waals surface area contributed by atoms with E-state index >= 15 is 0 Å². The zero-order valence-corrected chi connectivity index (χ0v) is 20.1. The molecule has 33 heavy (non-hydrogen) atoms. The van der Waals surface area contributed by atoms with Gasteiger partial charge in [-0.3, -0.25) is 4.79 Å². The molecule has 0 unspecified atom stereocenters. The van der Waals surface area contributed by atoms with Gasteiger partial charge >= 0.3 is 5.97 Å². The predicted molar refractivity (Wildman–Crippen MR) is 132 cm³/mol. The molecule has 2 aromatic heterocycles. The smallest absolute Gasteiger partial charge is 0.316 e. The van der Waals surface area contributed by atoms with Gasteiger partial charge in [-0.05, 0) is 38.3 Å². The quantitative estimate of drug-likeness (QED) is 0.0921. The standard InChI is InChI=1S/C25H32N4O3S/c1-3-5-6-7-8-9-10-14-17-32-25-23-22(28-29(25)20-15-12-11-13-16-20)24(27-19-26-23)33-18-21(30)31-4-2/h3,11-13,15-16,19H,1,4-10,14,17-18H2,2H3. The maximum Gasteiger partial charge on any atom is 0.316 e. The highest BCUT2D eigenvalue weighted by Gasteiger charge is 2.20. The molecule has 0 amide bonds. The monoisotopic (exact) mass is 468 g/mol. The normalized spacial score (nSPS) is 10.9. The van der Waals surface area contributed by atoms with Gasteiger partial charge in [0.05, 0.1) is 24.7 Å². The summed E-state index contributed by atoms with van der Waals surface area (Å²) < 4.78 is 13.0. The highest BCUT2D eigenvalue weighted by atomic mass is 32.2. The number of esters is 1. The van der Waals surface area contributed by atoms with Crippen molar-refractivity contribution in [2.24, 2.45) is 0 Å². The van der Waals surface area contributed by atoms with Crippen LogP contribution in [0, 0.1) is 0 Å². The van der Waals surface area contributed by atoms with Gasteiger partial charge in [0.25, 0.3) is 0 Å². The van der Waals surface area contributed by atoms with Gasteiger partial charge < -0.3 is 9.47 Å². The van der Waals surface area contributed by atoms with Crippen molar-refractivity contribution in [1.29, 1.82) is 0 Å². The molecule has 2 heterocycles. The van der Waals surface area contributed by atoms with E-state index in [1.807, 2.05) is 36.4 Å². The average molecular weight is 469 g/mol. The summed E-state index contributed by atoms with van der Waals surface area (Å²) in [5.74, 6) is 0.488. The van der Waals surface area contributed by atoms with Crippen LogP contribution in [0.2, 0.25) is 0 Å². The molecular weight excluding hydrogens is 436 g/mol. The third kappa shape index (κ3) is 7.32. The number of thioether (sulfide) groups is 1. The molecule has 0 fully saturated rings. The van der Waals surface area contributed by atoms with Crippen LogP contribution in [0.1, 0.15) is 51.9 Å². The number of benzene rings is 1. The first-order chi connectivity index (χ1) is 16.2. The Morgan fingerprint density at radius 1 is 1.06 bits per heavy atom. The zero-order chi connectivity index (χ0) is 23.3. The van der Waals surface area contributed by atoms with Gasteiger partial charge in [-0.15, -0.1) is 6.58 Å². The van der Waals surface area contributed by atoms with E-state index in [-0.39, 0.29) is 11.7 Å². The second kappa shape index (κ2) is 13.6. The molecule has 8 heteroatoms. The number of aromatic nitrogens is 4. The topological polar surface area (TPSA) is 79.1 Å². The Kier molecular flexibility index (Phi) is 10.2. The maximum absolute atomic E-state index is 11.8. The highest BCUT2D eigenvalue weighted by molar-refractivity contribution is 8.00. The van der Waals surface area contributed by atoms with Crippen molar-refractivity contribution >= 4 is 28.8 Å². The van der Waals surface area contributed by atoms with Crippen molar-refractivity contribution in [2.45, 2.75) is 56.9 Å². The Morgan fingerprint density at radius 3 is 2.58 bits per heavy atom. The number of fused-ring (bicyclic) bond motifs is 1. The van der Waals surface area contributed by atoms with Crippen LogP contribution in [0.3, 0.4) is 0 Å². The molecule has 3 rings (SSSR count). The predicted octanol–water partition coefficient (Wildman–Crippen LogP) is 5.77. The fourth-order valence-corrected chi connectivity index (χ4v) is 4.16. The molecule has 1 aromatic carbocycles. The Balaban J connectivity index is 1.71. The van der Waals surface area contributed by atoms with E-state index in [9.17, 15) is 4.79 Å². The van der Waals surface area contributed by atoms with Gasteiger partial charge in [0.2, 0.25) is 5.88 Å². The van der Waals surface area contributed by atoms with Gasteiger partial charge in [0.1, 0.15) is 16.9 Å². The summed E-state index contributed by atoms with van der Waals surface area (Å²) in [6.07, 6.45) is 11.6. The van der Waals surface area contributed by atoms with Crippen LogP contribution in [0.25, 0.3) is 16.7 Å². The lowest BCUT2D eigenvalue weighted by Gasteiger charge is -2.09. The van der Waals surface area contributed by atoms with Gasteiger partial charge in [-0.1, -0.05) is 61.7 Å². The summed E-state index contributed by atoms with van der Waals surface area (Å²) in [6, 6.07) is 9.82. The number of rotatable bonds is 15. The van der Waals surface area contributed by atoms with Crippen molar-refractivity contribution in [3.63, 3.8) is 0 Å². The third-order valence-electron chi connectivity index (χ3n) is 5.06. The van der Waals surface area contributed by atoms with Gasteiger partial charge in [0, 0.05) is 0 Å². The van der Waals surface area contributed by atoms with Gasteiger partial charge in [-0.25, -0.2) is 9.97 Å². The number of carbonyl (C=O) groups excluding carboxylic acids is 1. The van der Waals surface area contributed by atoms with E-state index in [0.717, 1.165) is 24.9 Å². The summed E-state index contributed by atoms with van der Waals surface area (Å²) >= 11 is 1.29. The lowest BCUT2D eigenvalue weighted by atomic mass is 10.1. The molecule has 0 radical (unpaired) electrons. The van der Waals surface area contributed by atoms with Crippen LogP contribution < -0.4 is 4.74 Å². The number of para-hydroxylation sites is 1. The van der Waals surface area contributed by atoms with Crippen LogP contribution in [0.15, 0.2) is 54.3 Å². The van der Waals surface area contributed by atoms with Gasteiger partial charge in [-0.2, -0.15) is 9.78 Å². The highest BCUT2D eigenvalue weighted by Crippen LogP contribution is 2.32. The minimum atomic E-state index is -0.280. The number of unbranched alkanes of at least 4 members (excludes halogenated alkanes) is 6. The Labute approximate surface area is 199 Å². The largest absolute Gasteiger partial charge is 0.476 e. The molecule has 0 N–H and O–H groups in total. The summed E-state index contributed by atoms with van der Waals surface area (Å²) in [4.78, 5) is 20.6. The summed E-state index contributed by atoms with van der Waals surface area (Å²) in [7, 11) is 0. The second-order valence-electron chi connectivity index (χ2n) is 7.57. The van der Waals surface area contributed by atoms with Crippen molar-refractivity contribution in [1.82, 2.24) is 19.7 Å².